The first kappa shape index (κ1) is 40.7. The van der Waals surface area contributed by atoms with Gasteiger partial charge >= 0.3 is 17.9 Å². The first-order chi connectivity index (χ1) is 25.4. The van der Waals surface area contributed by atoms with Crippen LogP contribution < -0.4 is 5.32 Å². The van der Waals surface area contributed by atoms with E-state index in [9.17, 15) is 14.4 Å². The number of esters is 3. The van der Waals surface area contributed by atoms with Gasteiger partial charge in [0.25, 0.3) is 5.79 Å². The quantitative estimate of drug-likeness (QED) is 0.217. The van der Waals surface area contributed by atoms with Gasteiger partial charge in [-0.2, -0.15) is 0 Å². The number of hydrogen-bond acceptors (Lipinski definition) is 13. The van der Waals surface area contributed by atoms with E-state index in [0.717, 1.165) is 11.1 Å². The van der Waals surface area contributed by atoms with Gasteiger partial charge in [0.2, 0.25) is 0 Å². The van der Waals surface area contributed by atoms with Crippen molar-refractivity contribution in [2.45, 2.75) is 115 Å². The van der Waals surface area contributed by atoms with Crippen molar-refractivity contribution in [2.24, 2.45) is 17.8 Å². The molecule has 0 bridgehead atoms. The molecule has 3 saturated heterocycles. The highest BCUT2D eigenvalue weighted by molar-refractivity contribution is 5.80. The Morgan fingerprint density at radius 3 is 2.15 bits per heavy atom. The van der Waals surface area contributed by atoms with Gasteiger partial charge in [0, 0.05) is 45.3 Å². The van der Waals surface area contributed by atoms with Crippen LogP contribution in [0.5, 0.6) is 0 Å². The van der Waals surface area contributed by atoms with Crippen LogP contribution in [0.25, 0.3) is 0 Å². The number of hydrogen-bond donors (Lipinski definition) is 1. The minimum absolute atomic E-state index is 0.106. The van der Waals surface area contributed by atoms with E-state index < -0.39 is 89.9 Å². The van der Waals surface area contributed by atoms with Crippen molar-refractivity contribution in [2.75, 3.05) is 27.4 Å². The summed E-state index contributed by atoms with van der Waals surface area (Å²) in [5.41, 5.74) is 0.550. The maximum Gasteiger partial charge on any atom is 0.368 e. The summed E-state index contributed by atoms with van der Waals surface area (Å²) >= 11 is 0. The maximum atomic E-state index is 14.4. The van der Waals surface area contributed by atoms with Crippen molar-refractivity contribution in [3.05, 3.63) is 71.8 Å². The average molecular weight is 742 g/mol. The van der Waals surface area contributed by atoms with Crippen LogP contribution >= 0.6 is 0 Å². The Morgan fingerprint density at radius 1 is 0.943 bits per heavy atom. The van der Waals surface area contributed by atoms with Crippen molar-refractivity contribution in [1.29, 1.82) is 0 Å². The van der Waals surface area contributed by atoms with Crippen molar-refractivity contribution >= 4 is 17.9 Å². The highest BCUT2D eigenvalue weighted by atomic mass is 16.8. The van der Waals surface area contributed by atoms with Gasteiger partial charge in [-0.25, -0.2) is 4.79 Å². The van der Waals surface area contributed by atoms with Gasteiger partial charge in [-0.15, -0.1) is 0 Å². The average Bonchev–Trinajstić information content (AvgIpc) is 3.16. The van der Waals surface area contributed by atoms with E-state index in [4.69, 9.17) is 42.6 Å². The molecule has 1 N–H and O–H groups in total. The van der Waals surface area contributed by atoms with Crippen LogP contribution in [-0.2, 0) is 70.2 Å². The molecule has 0 aromatic heterocycles. The summed E-state index contributed by atoms with van der Waals surface area (Å²) in [6.07, 6.45) is -4.16. The van der Waals surface area contributed by atoms with Crippen molar-refractivity contribution in [1.82, 2.24) is 5.32 Å². The summed E-state index contributed by atoms with van der Waals surface area (Å²) in [4.78, 5) is 39.1. The number of ether oxygens (including phenoxy) is 9. The third-order valence-electron chi connectivity index (χ3n) is 10.8. The van der Waals surface area contributed by atoms with Gasteiger partial charge in [0.15, 0.2) is 6.29 Å². The van der Waals surface area contributed by atoms with Crippen LogP contribution in [0.4, 0.5) is 0 Å². The molecule has 2 aromatic carbocycles. The number of methoxy groups -OCH3 is 2. The summed E-state index contributed by atoms with van der Waals surface area (Å²) in [5, 5.41) is 3.52. The zero-order valence-corrected chi connectivity index (χ0v) is 32.0. The number of fused-ring (bicyclic) bond motifs is 1. The molecule has 2 aromatic rings. The monoisotopic (exact) mass is 741 g/mol. The highest BCUT2D eigenvalue weighted by Gasteiger charge is 2.71. The van der Waals surface area contributed by atoms with Gasteiger partial charge in [-0.3, -0.25) is 9.59 Å². The highest BCUT2D eigenvalue weighted by Crippen LogP contribution is 2.50. The molecule has 292 valence electrons. The zero-order valence-electron chi connectivity index (χ0n) is 32.0. The maximum absolute atomic E-state index is 14.4. The SMILES string of the molecule is CCC(OC(C)=O)C(C)C1O[C@]2(C(=O)OC)O[C@]3(CNC2[C@@H](OC(C)=O)[C@H]1C)C(C)[C@H](OC)OC(COCc1ccccc1)[C@@H]3OCc1ccccc1. The second kappa shape index (κ2) is 17.8. The fourth-order valence-electron chi connectivity index (χ4n) is 8.16. The summed E-state index contributed by atoms with van der Waals surface area (Å²) in [7, 11) is 2.80. The Balaban J connectivity index is 1.59. The molecular formula is C40H55NO12. The first-order valence-corrected chi connectivity index (χ1v) is 18.4. The predicted octanol–water partition coefficient (Wildman–Crippen LogP) is 4.34. The van der Waals surface area contributed by atoms with Crippen LogP contribution in [0.1, 0.15) is 59.1 Å². The Bertz CT molecular complexity index is 1510. The number of rotatable bonds is 14. The number of benzene rings is 2. The predicted molar refractivity (Wildman–Crippen MR) is 191 cm³/mol. The summed E-state index contributed by atoms with van der Waals surface area (Å²) < 4.78 is 56.8. The van der Waals surface area contributed by atoms with E-state index in [0.29, 0.717) is 13.0 Å². The summed E-state index contributed by atoms with van der Waals surface area (Å²) in [5.74, 6) is -5.44. The zero-order chi connectivity index (χ0) is 38.3. The van der Waals surface area contributed by atoms with E-state index in [2.05, 4.69) is 5.32 Å². The normalized spacial score (nSPS) is 33.7. The third kappa shape index (κ3) is 8.62. The minimum atomic E-state index is -2.15. The smallest absolute Gasteiger partial charge is 0.368 e. The van der Waals surface area contributed by atoms with E-state index in [1.165, 1.54) is 21.0 Å². The van der Waals surface area contributed by atoms with Gasteiger partial charge in [-0.05, 0) is 17.5 Å². The Labute approximate surface area is 312 Å². The van der Waals surface area contributed by atoms with Crippen molar-refractivity contribution in [3.8, 4) is 0 Å². The number of morpholine rings is 1. The van der Waals surface area contributed by atoms with Crippen LogP contribution in [-0.4, -0.2) is 99.5 Å². The molecule has 3 fully saturated rings. The Morgan fingerprint density at radius 2 is 1.58 bits per heavy atom. The summed E-state index contributed by atoms with van der Waals surface area (Å²) in [6, 6.07) is 18.5. The number of nitrogens with one attached hydrogen (secondary N) is 1. The molecule has 0 saturated carbocycles. The molecule has 0 aliphatic carbocycles. The Hall–Kier alpha value is -3.43. The molecule has 0 radical (unpaired) electrons. The molecule has 3 aliphatic rings. The Kier molecular flexibility index (Phi) is 13.7. The lowest BCUT2D eigenvalue weighted by Crippen LogP contribution is -2.83. The number of carbonyl (C=O) groups is 3. The van der Waals surface area contributed by atoms with E-state index in [-0.39, 0.29) is 19.8 Å². The lowest BCUT2D eigenvalue weighted by molar-refractivity contribution is -0.416. The number of carbonyl (C=O) groups excluding carboxylic acids is 3. The standard InChI is InChI=1S/C40H55NO12/c1-9-31(49-27(5)42)24(2)33-25(3)34(50-28(6)43)35-40(52-33,38(44)46-8)53-39(23-41-35)26(4)37(45-7)51-32(22-47-20-29-16-12-10-13-17-29)36(39)48-21-30-18-14-11-15-19-30/h10-19,24-26,31-37,41H,9,20-23H2,1-8H3/t24?,25-,26?,31?,32?,33?,34-,35?,36-,37+,39+,40-/m0/s1. The molecule has 53 heavy (non-hydrogen) atoms. The van der Waals surface area contributed by atoms with Crippen LogP contribution in [0.3, 0.4) is 0 Å². The molecular weight excluding hydrogens is 686 g/mol. The lowest BCUT2D eigenvalue weighted by Gasteiger charge is -2.62. The molecule has 5 rings (SSSR count). The molecule has 0 amide bonds. The van der Waals surface area contributed by atoms with E-state index >= 15 is 0 Å². The third-order valence-corrected chi connectivity index (χ3v) is 10.8. The fraction of sp³-hybridized carbons (Fsp3) is 0.625. The first-order valence-electron chi connectivity index (χ1n) is 18.4. The van der Waals surface area contributed by atoms with Gasteiger partial charge in [0.05, 0.1) is 33.0 Å². The van der Waals surface area contributed by atoms with E-state index in [1.807, 2.05) is 88.4 Å². The molecule has 13 heteroatoms. The second-order valence-corrected chi connectivity index (χ2v) is 14.3. The topological polar surface area (TPSA) is 146 Å². The summed E-state index contributed by atoms with van der Waals surface area (Å²) in [6.45, 7) is 11.0. The van der Waals surface area contributed by atoms with Crippen molar-refractivity contribution < 1.29 is 57.0 Å². The second-order valence-electron chi connectivity index (χ2n) is 14.3. The molecule has 3 aliphatic heterocycles. The van der Waals surface area contributed by atoms with Gasteiger partial charge < -0.3 is 47.9 Å². The van der Waals surface area contributed by atoms with Crippen LogP contribution in [0, 0.1) is 17.8 Å². The molecule has 13 nitrogen and oxygen atoms in total. The largest absolute Gasteiger partial charge is 0.465 e. The fourth-order valence-corrected chi connectivity index (χ4v) is 8.16. The van der Waals surface area contributed by atoms with Crippen molar-refractivity contribution in [3.63, 3.8) is 0 Å². The molecule has 1 spiro atoms. The van der Waals surface area contributed by atoms with Gasteiger partial charge in [-0.1, -0.05) is 88.4 Å². The molecule has 3 heterocycles. The molecule has 6 unspecified atom stereocenters. The van der Waals surface area contributed by atoms with E-state index in [1.54, 1.807) is 7.11 Å². The minimum Gasteiger partial charge on any atom is -0.465 e. The lowest BCUT2D eigenvalue weighted by atomic mass is 9.72. The molecule has 12 atom stereocenters. The van der Waals surface area contributed by atoms with Crippen LogP contribution in [0.2, 0.25) is 0 Å². The van der Waals surface area contributed by atoms with Gasteiger partial charge in [0.1, 0.15) is 36.1 Å². The van der Waals surface area contributed by atoms with Crippen LogP contribution in [0.15, 0.2) is 60.7 Å².